The zero-order chi connectivity index (χ0) is 22.2. The molecule has 3 aromatic heterocycles. The van der Waals surface area contributed by atoms with Gasteiger partial charge in [-0.3, -0.25) is 4.98 Å². The van der Waals surface area contributed by atoms with Gasteiger partial charge in [0.05, 0.1) is 18.1 Å². The van der Waals surface area contributed by atoms with Crippen LogP contribution in [0.4, 0.5) is 13.2 Å². The molecule has 0 saturated heterocycles. The van der Waals surface area contributed by atoms with Crippen molar-refractivity contribution in [2.75, 3.05) is 0 Å². The molecule has 160 valence electrons. The number of imidazole rings is 1. The average molecular weight is 447 g/mol. The summed E-state index contributed by atoms with van der Waals surface area (Å²) in [6, 6.07) is 10.5. The normalized spacial score (nSPS) is 13.0. The minimum atomic E-state index is -4.62. The fourth-order valence-corrected chi connectivity index (χ4v) is 3.80. The van der Waals surface area contributed by atoms with Crippen molar-refractivity contribution in [3.63, 3.8) is 0 Å². The molecule has 0 amide bonds. The molecule has 4 rings (SSSR count). The number of benzene rings is 1. The number of hydrogen-bond acceptors (Lipinski definition) is 4. The molecule has 3 heterocycles. The van der Waals surface area contributed by atoms with Crippen LogP contribution in [0.1, 0.15) is 31.1 Å². The lowest BCUT2D eigenvalue weighted by atomic mass is 9.96. The number of aromatic amines is 1. The molecule has 4 aromatic rings. The first kappa shape index (κ1) is 21.0. The zero-order valence-electron chi connectivity index (χ0n) is 16.6. The highest BCUT2D eigenvalue weighted by atomic mass is 35.5. The monoisotopic (exact) mass is 446 g/mol. The van der Waals surface area contributed by atoms with Crippen molar-refractivity contribution in [3.05, 3.63) is 71.4 Å². The van der Waals surface area contributed by atoms with E-state index in [1.165, 1.54) is 18.3 Å². The third-order valence-electron chi connectivity index (χ3n) is 4.89. The molecule has 0 aliphatic rings. The Kier molecular flexibility index (Phi) is 5.53. The quantitative estimate of drug-likeness (QED) is 0.430. The lowest BCUT2D eigenvalue weighted by Crippen LogP contribution is -2.15. The maximum Gasteiger partial charge on any atom is 0.437 e. The lowest BCUT2D eigenvalue weighted by Gasteiger charge is -2.23. The molecule has 0 fully saturated rings. The second kappa shape index (κ2) is 8.14. The van der Waals surface area contributed by atoms with E-state index in [1.807, 2.05) is 40.2 Å². The van der Waals surface area contributed by atoms with Crippen LogP contribution >= 0.6 is 11.6 Å². The van der Waals surface area contributed by atoms with Gasteiger partial charge in [0.25, 0.3) is 0 Å². The Labute approximate surface area is 181 Å². The molecule has 0 saturated carbocycles. The summed E-state index contributed by atoms with van der Waals surface area (Å²) in [6.45, 7) is 4.16. The Morgan fingerprint density at radius 3 is 2.52 bits per heavy atom. The number of nitrogens with one attached hydrogen (secondary N) is 1. The Hall–Kier alpha value is -3.20. The first-order chi connectivity index (χ1) is 14.8. The molecule has 0 spiro atoms. The van der Waals surface area contributed by atoms with Crippen LogP contribution in [-0.2, 0) is 6.18 Å². The molecule has 0 aliphatic heterocycles. The first-order valence-corrected chi connectivity index (χ1v) is 9.86. The summed E-state index contributed by atoms with van der Waals surface area (Å²) in [5.41, 5.74) is 0.792. The molecule has 0 radical (unpaired) electrons. The number of H-pyrrole nitrogens is 1. The summed E-state index contributed by atoms with van der Waals surface area (Å²) in [6.07, 6.45) is 0.293. The SMILES string of the molecule is CC(C)C(c1ccccc1Cl)n1cnc(-c2cc(-c3n[nH]nc3C(F)(F)F)ccn2)c1. The number of alkyl halides is 3. The van der Waals surface area contributed by atoms with Crippen LogP contribution in [0, 0.1) is 5.92 Å². The van der Waals surface area contributed by atoms with Gasteiger partial charge < -0.3 is 4.57 Å². The Bertz CT molecular complexity index is 1200. The van der Waals surface area contributed by atoms with Gasteiger partial charge in [0.15, 0.2) is 5.69 Å². The number of aromatic nitrogens is 6. The summed E-state index contributed by atoms with van der Waals surface area (Å²) >= 11 is 6.41. The molecule has 0 aliphatic carbocycles. The van der Waals surface area contributed by atoms with Crippen LogP contribution < -0.4 is 0 Å². The molecule has 6 nitrogen and oxygen atoms in total. The lowest BCUT2D eigenvalue weighted by molar-refractivity contribution is -0.140. The van der Waals surface area contributed by atoms with Crippen molar-refractivity contribution in [1.82, 2.24) is 29.9 Å². The van der Waals surface area contributed by atoms with Crippen molar-refractivity contribution < 1.29 is 13.2 Å². The molecular weight excluding hydrogens is 429 g/mol. The van der Waals surface area contributed by atoms with Crippen LogP contribution in [0.15, 0.2) is 55.1 Å². The number of nitrogens with zero attached hydrogens (tertiary/aromatic N) is 5. The van der Waals surface area contributed by atoms with E-state index in [-0.39, 0.29) is 23.2 Å². The van der Waals surface area contributed by atoms with Crippen LogP contribution in [0.5, 0.6) is 0 Å². The maximum absolute atomic E-state index is 13.2. The van der Waals surface area contributed by atoms with Gasteiger partial charge in [-0.25, -0.2) is 4.98 Å². The maximum atomic E-state index is 13.2. The van der Waals surface area contributed by atoms with Crippen LogP contribution in [0.2, 0.25) is 5.02 Å². The largest absolute Gasteiger partial charge is 0.437 e. The molecule has 1 atom stereocenters. The molecule has 1 aromatic carbocycles. The van der Waals surface area contributed by atoms with E-state index in [1.54, 1.807) is 6.33 Å². The third kappa shape index (κ3) is 4.18. The van der Waals surface area contributed by atoms with Crippen LogP contribution in [-0.4, -0.2) is 29.9 Å². The smallest absolute Gasteiger partial charge is 0.329 e. The summed E-state index contributed by atoms with van der Waals surface area (Å²) in [5, 5.41) is 9.61. The highest BCUT2D eigenvalue weighted by Gasteiger charge is 2.38. The third-order valence-corrected chi connectivity index (χ3v) is 5.23. The van der Waals surface area contributed by atoms with Crippen molar-refractivity contribution in [2.24, 2.45) is 5.92 Å². The van der Waals surface area contributed by atoms with Gasteiger partial charge in [0.2, 0.25) is 0 Å². The summed E-state index contributed by atoms with van der Waals surface area (Å²) < 4.78 is 41.5. The van der Waals surface area contributed by atoms with E-state index in [9.17, 15) is 13.2 Å². The van der Waals surface area contributed by atoms with Gasteiger partial charge in [-0.15, -0.1) is 0 Å². The number of rotatable bonds is 5. The number of halogens is 4. The van der Waals surface area contributed by atoms with Gasteiger partial charge in [-0.1, -0.05) is 43.6 Å². The predicted molar refractivity (Wildman–Crippen MR) is 110 cm³/mol. The van der Waals surface area contributed by atoms with Gasteiger partial charge in [-0.05, 0) is 29.7 Å². The van der Waals surface area contributed by atoms with E-state index >= 15 is 0 Å². The molecule has 10 heteroatoms. The van der Waals surface area contributed by atoms with Crippen molar-refractivity contribution in [3.8, 4) is 22.6 Å². The Morgan fingerprint density at radius 2 is 1.81 bits per heavy atom. The minimum absolute atomic E-state index is 0.0643. The van der Waals surface area contributed by atoms with E-state index in [0.717, 1.165) is 5.56 Å². The second-order valence-electron chi connectivity index (χ2n) is 7.36. The summed E-state index contributed by atoms with van der Waals surface area (Å²) in [4.78, 5) is 8.71. The van der Waals surface area contributed by atoms with Crippen molar-refractivity contribution in [2.45, 2.75) is 26.1 Å². The van der Waals surface area contributed by atoms with Crippen molar-refractivity contribution in [1.29, 1.82) is 0 Å². The topological polar surface area (TPSA) is 72.3 Å². The summed E-state index contributed by atoms with van der Waals surface area (Å²) in [7, 11) is 0. The van der Waals surface area contributed by atoms with E-state index in [4.69, 9.17) is 11.6 Å². The van der Waals surface area contributed by atoms with E-state index in [2.05, 4.69) is 34.0 Å². The van der Waals surface area contributed by atoms with Crippen molar-refractivity contribution >= 4 is 11.6 Å². The Balaban J connectivity index is 1.71. The Morgan fingerprint density at radius 1 is 1.03 bits per heavy atom. The van der Waals surface area contributed by atoms with Gasteiger partial charge >= 0.3 is 6.18 Å². The fourth-order valence-electron chi connectivity index (χ4n) is 3.55. The van der Waals surface area contributed by atoms with Gasteiger partial charge in [-0.2, -0.15) is 28.6 Å². The molecule has 0 bridgehead atoms. The minimum Gasteiger partial charge on any atom is -0.329 e. The highest BCUT2D eigenvalue weighted by molar-refractivity contribution is 6.31. The van der Waals surface area contributed by atoms with E-state index < -0.39 is 11.9 Å². The molecule has 1 unspecified atom stereocenters. The fraction of sp³-hybridized carbons (Fsp3) is 0.238. The van der Waals surface area contributed by atoms with Gasteiger partial charge in [0.1, 0.15) is 11.4 Å². The number of pyridine rings is 1. The summed E-state index contributed by atoms with van der Waals surface area (Å²) in [5.74, 6) is 0.214. The zero-order valence-corrected chi connectivity index (χ0v) is 17.4. The second-order valence-corrected chi connectivity index (χ2v) is 7.77. The standard InChI is InChI=1S/C21H18ClF3N6/c1-12(2)19(14-5-3-4-6-15(14)22)31-10-17(27-11-31)16-9-13(7-8-26-16)18-20(21(23,24)25)29-30-28-18/h3-12,19H,1-2H3,(H,28,29,30). The van der Waals surface area contributed by atoms with Crippen LogP contribution in [0.3, 0.4) is 0 Å². The predicted octanol–water partition coefficient (Wildman–Crippen LogP) is 5.65. The number of hydrogen-bond donors (Lipinski definition) is 1. The first-order valence-electron chi connectivity index (χ1n) is 9.48. The molecular formula is C21H18ClF3N6. The molecule has 31 heavy (non-hydrogen) atoms. The van der Waals surface area contributed by atoms with E-state index in [0.29, 0.717) is 16.4 Å². The van der Waals surface area contributed by atoms with Gasteiger partial charge in [0, 0.05) is 23.0 Å². The highest BCUT2D eigenvalue weighted by Crippen LogP contribution is 2.35. The molecule has 1 N–H and O–H groups in total. The average Bonchev–Trinajstić information content (AvgIpc) is 3.39. The van der Waals surface area contributed by atoms with Crippen LogP contribution in [0.25, 0.3) is 22.6 Å².